The van der Waals surface area contributed by atoms with Gasteiger partial charge in [0, 0.05) is 23.6 Å². The average Bonchev–Trinajstić information content (AvgIpc) is 3.36. The highest BCUT2D eigenvalue weighted by molar-refractivity contribution is 7.22. The lowest BCUT2D eigenvalue weighted by Gasteiger charge is -2.26. The number of anilines is 1. The van der Waals surface area contributed by atoms with Crippen LogP contribution in [0.4, 0.5) is 10.8 Å². The molecule has 1 N–H and O–H groups in total. The first-order chi connectivity index (χ1) is 12.2. The van der Waals surface area contributed by atoms with Crippen LogP contribution in [0.15, 0.2) is 35.7 Å². The zero-order chi connectivity index (χ0) is 17.2. The summed E-state index contributed by atoms with van der Waals surface area (Å²) in [5.74, 6) is 0. The molecule has 1 aliphatic rings. The third-order valence-corrected chi connectivity index (χ3v) is 6.43. The summed E-state index contributed by atoms with van der Waals surface area (Å²) in [6.45, 7) is 3.06. The van der Waals surface area contributed by atoms with E-state index in [2.05, 4.69) is 32.7 Å². The van der Waals surface area contributed by atoms with E-state index >= 15 is 0 Å². The Morgan fingerprint density at radius 1 is 1.32 bits per heavy atom. The molecule has 4 rings (SSSR count). The quantitative estimate of drug-likeness (QED) is 0.507. The number of thiazole rings is 1. The topological polar surface area (TPSA) is 71.3 Å². The van der Waals surface area contributed by atoms with E-state index in [1.807, 2.05) is 0 Å². The maximum absolute atomic E-state index is 10.9. The number of rotatable bonds is 6. The summed E-state index contributed by atoms with van der Waals surface area (Å²) in [5.41, 5.74) is 0.906. The molecule has 1 saturated heterocycles. The first-order valence-electron chi connectivity index (χ1n) is 8.27. The Morgan fingerprint density at radius 3 is 2.88 bits per heavy atom. The fourth-order valence-electron chi connectivity index (χ4n) is 3.23. The van der Waals surface area contributed by atoms with Crippen LogP contribution < -0.4 is 5.32 Å². The van der Waals surface area contributed by atoms with E-state index in [0.29, 0.717) is 6.04 Å². The van der Waals surface area contributed by atoms with E-state index in [0.717, 1.165) is 35.0 Å². The first-order valence-corrected chi connectivity index (χ1v) is 9.96. The molecule has 6 nitrogen and oxygen atoms in total. The summed E-state index contributed by atoms with van der Waals surface area (Å²) in [7, 11) is 0. The van der Waals surface area contributed by atoms with Crippen molar-refractivity contribution in [2.45, 2.75) is 18.9 Å². The molecule has 0 amide bonds. The molecule has 130 valence electrons. The number of thiophene rings is 1. The second kappa shape index (κ2) is 7.07. The number of nitro benzene ring substituents is 1. The van der Waals surface area contributed by atoms with Gasteiger partial charge in [-0.3, -0.25) is 15.0 Å². The minimum absolute atomic E-state index is 0.108. The number of aromatic nitrogens is 1. The number of nitrogens with zero attached hydrogens (tertiary/aromatic N) is 3. The summed E-state index contributed by atoms with van der Waals surface area (Å²) in [4.78, 5) is 19.0. The minimum Gasteiger partial charge on any atom is -0.360 e. The highest BCUT2D eigenvalue weighted by atomic mass is 32.1. The molecule has 3 aromatic rings. The van der Waals surface area contributed by atoms with Crippen molar-refractivity contribution < 1.29 is 4.92 Å². The molecule has 1 atom stereocenters. The number of nitro groups is 1. The third kappa shape index (κ3) is 3.51. The van der Waals surface area contributed by atoms with E-state index in [1.54, 1.807) is 23.5 Å². The lowest BCUT2D eigenvalue weighted by molar-refractivity contribution is -0.384. The molecule has 1 aliphatic heterocycles. The van der Waals surface area contributed by atoms with Crippen LogP contribution >= 0.6 is 22.7 Å². The van der Waals surface area contributed by atoms with Gasteiger partial charge in [0.2, 0.25) is 0 Å². The van der Waals surface area contributed by atoms with E-state index in [4.69, 9.17) is 0 Å². The van der Waals surface area contributed by atoms with E-state index in [-0.39, 0.29) is 10.6 Å². The Bertz CT molecular complexity index is 872. The van der Waals surface area contributed by atoms with Gasteiger partial charge in [0.1, 0.15) is 0 Å². The van der Waals surface area contributed by atoms with Crippen molar-refractivity contribution in [3.05, 3.63) is 50.7 Å². The Balaban J connectivity index is 1.52. The summed E-state index contributed by atoms with van der Waals surface area (Å²) in [6, 6.07) is 9.45. The molecule has 1 unspecified atom stereocenters. The maximum atomic E-state index is 10.9. The van der Waals surface area contributed by atoms with Gasteiger partial charge in [-0.15, -0.1) is 11.3 Å². The van der Waals surface area contributed by atoms with Crippen LogP contribution in [0.25, 0.3) is 10.2 Å². The summed E-state index contributed by atoms with van der Waals surface area (Å²) in [5, 5.41) is 17.3. The molecule has 0 spiro atoms. The smallest absolute Gasteiger partial charge is 0.270 e. The molecule has 8 heteroatoms. The Morgan fingerprint density at radius 2 is 2.16 bits per heavy atom. The standard InChI is InChI=1S/C17H18N4O2S2/c22-21(23)12-5-6-13-16(10-12)25-17(19-13)18-11-14(15-4-3-9-24-15)20-7-1-2-8-20/h3-6,9-10,14H,1-2,7-8,11H2,(H,18,19). The lowest BCUT2D eigenvalue weighted by Crippen LogP contribution is -2.30. The number of hydrogen-bond donors (Lipinski definition) is 1. The molecule has 2 aromatic heterocycles. The number of benzene rings is 1. The van der Waals surface area contributed by atoms with Crippen molar-refractivity contribution in [1.82, 2.24) is 9.88 Å². The lowest BCUT2D eigenvalue weighted by atomic mass is 10.2. The van der Waals surface area contributed by atoms with Gasteiger partial charge in [-0.25, -0.2) is 4.98 Å². The van der Waals surface area contributed by atoms with Crippen molar-refractivity contribution in [1.29, 1.82) is 0 Å². The van der Waals surface area contributed by atoms with Crippen LogP contribution in [0.5, 0.6) is 0 Å². The molecular weight excluding hydrogens is 356 g/mol. The van der Waals surface area contributed by atoms with Crippen LogP contribution in [0, 0.1) is 10.1 Å². The van der Waals surface area contributed by atoms with Crippen molar-refractivity contribution in [2.24, 2.45) is 0 Å². The monoisotopic (exact) mass is 374 g/mol. The maximum Gasteiger partial charge on any atom is 0.270 e. The first kappa shape index (κ1) is 16.4. The van der Waals surface area contributed by atoms with E-state index in [1.165, 1.54) is 35.1 Å². The molecule has 25 heavy (non-hydrogen) atoms. The van der Waals surface area contributed by atoms with Gasteiger partial charge in [0.25, 0.3) is 5.69 Å². The second-order valence-corrected chi connectivity index (χ2v) is 8.09. The molecule has 1 fully saturated rings. The van der Waals surface area contributed by atoms with Gasteiger partial charge in [-0.2, -0.15) is 0 Å². The highest BCUT2D eigenvalue weighted by Gasteiger charge is 2.24. The molecule has 0 bridgehead atoms. The van der Waals surface area contributed by atoms with Gasteiger partial charge in [0.05, 0.1) is 21.2 Å². The third-order valence-electron chi connectivity index (χ3n) is 4.48. The number of nitrogens with one attached hydrogen (secondary N) is 1. The zero-order valence-corrected chi connectivity index (χ0v) is 15.2. The Kier molecular flexibility index (Phi) is 4.65. The Labute approximate surface area is 153 Å². The second-order valence-electron chi connectivity index (χ2n) is 6.08. The normalized spacial score (nSPS) is 16.3. The SMILES string of the molecule is O=[N+]([O-])c1ccc2nc(NCC(c3cccs3)N3CCCC3)sc2c1. The number of hydrogen-bond acceptors (Lipinski definition) is 7. The largest absolute Gasteiger partial charge is 0.360 e. The average molecular weight is 374 g/mol. The summed E-state index contributed by atoms with van der Waals surface area (Å²) < 4.78 is 0.838. The van der Waals surface area contributed by atoms with Crippen LogP contribution in [-0.4, -0.2) is 34.4 Å². The number of non-ortho nitro benzene ring substituents is 1. The van der Waals surface area contributed by atoms with Crippen LogP contribution in [0.2, 0.25) is 0 Å². The van der Waals surface area contributed by atoms with Crippen LogP contribution in [-0.2, 0) is 0 Å². The van der Waals surface area contributed by atoms with Gasteiger partial charge < -0.3 is 5.32 Å². The number of likely N-dealkylation sites (tertiary alicyclic amines) is 1. The van der Waals surface area contributed by atoms with Crippen LogP contribution in [0.1, 0.15) is 23.8 Å². The number of fused-ring (bicyclic) bond motifs is 1. The molecule has 0 aliphatic carbocycles. The molecule has 3 heterocycles. The van der Waals surface area contributed by atoms with Crippen molar-refractivity contribution in [3.8, 4) is 0 Å². The van der Waals surface area contributed by atoms with Crippen molar-refractivity contribution in [2.75, 3.05) is 25.0 Å². The van der Waals surface area contributed by atoms with E-state index < -0.39 is 0 Å². The Hall–Kier alpha value is -2.03. The summed E-state index contributed by atoms with van der Waals surface area (Å²) in [6.07, 6.45) is 2.51. The summed E-state index contributed by atoms with van der Waals surface area (Å²) >= 11 is 3.26. The molecule has 1 aromatic carbocycles. The van der Waals surface area contributed by atoms with Gasteiger partial charge in [-0.1, -0.05) is 17.4 Å². The molecule has 0 radical (unpaired) electrons. The minimum atomic E-state index is -0.369. The van der Waals surface area contributed by atoms with E-state index in [9.17, 15) is 10.1 Å². The van der Waals surface area contributed by atoms with Gasteiger partial charge in [0.15, 0.2) is 5.13 Å². The fourth-order valence-corrected chi connectivity index (χ4v) is 5.00. The van der Waals surface area contributed by atoms with Crippen molar-refractivity contribution in [3.63, 3.8) is 0 Å². The zero-order valence-electron chi connectivity index (χ0n) is 13.6. The predicted molar refractivity (Wildman–Crippen MR) is 103 cm³/mol. The van der Waals surface area contributed by atoms with Crippen LogP contribution in [0.3, 0.4) is 0 Å². The fraction of sp³-hybridized carbons (Fsp3) is 0.353. The molecular formula is C17H18N4O2S2. The van der Waals surface area contributed by atoms with Gasteiger partial charge in [-0.05, 0) is 43.4 Å². The molecule has 0 saturated carbocycles. The highest BCUT2D eigenvalue weighted by Crippen LogP contribution is 2.32. The predicted octanol–water partition coefficient (Wildman–Crippen LogP) is 4.52. The van der Waals surface area contributed by atoms with Gasteiger partial charge >= 0.3 is 0 Å². The van der Waals surface area contributed by atoms with Crippen molar-refractivity contribution >= 4 is 43.7 Å².